The minimum absolute atomic E-state index is 0.163. The van der Waals surface area contributed by atoms with Crippen molar-refractivity contribution >= 4 is 0 Å². The number of hydrogen-bond donors (Lipinski definition) is 7. The third-order valence-electron chi connectivity index (χ3n) is 5.82. The van der Waals surface area contributed by atoms with Crippen LogP contribution in [0.5, 0.6) is 0 Å². The molecule has 2 fully saturated rings. The average molecular weight is 544 g/mol. The largest absolute Gasteiger partial charge is 0.400 e. The second-order valence-corrected chi connectivity index (χ2v) is 8.44. The topological polar surface area (TPSA) is 182 Å². The highest BCUT2D eigenvalue weighted by atomic mass is 16.7. The van der Waals surface area contributed by atoms with E-state index in [4.69, 9.17) is 24.1 Å². The lowest BCUT2D eigenvalue weighted by atomic mass is 9.89. The summed E-state index contributed by atoms with van der Waals surface area (Å²) >= 11 is 0. The summed E-state index contributed by atoms with van der Waals surface area (Å²) in [5, 5.41) is 65.9. The SMILES string of the molecule is C=CC.CC.CCC1O[C@H](OCCN(C)CCO[C@H]2OC(CO)[C@@H](O)C(O)C2O)C(O)C(O)[C@@H]1C.CO. The summed E-state index contributed by atoms with van der Waals surface area (Å²) in [7, 11) is 2.82. The minimum Gasteiger partial charge on any atom is -0.400 e. The van der Waals surface area contributed by atoms with Gasteiger partial charge < -0.3 is 59.6 Å². The van der Waals surface area contributed by atoms with Crippen LogP contribution in [0.25, 0.3) is 0 Å². The standard InChI is InChI=1S/C19H37NO10.C3H6.C2H6.CH4O/c1-4-11-10(2)13(22)16(25)18(29-11)27-7-5-20(3)6-8-28-19-17(26)15(24)14(23)12(9-21)30-19;1-3-2;2*1-2/h10-19,21-26H,4-9H2,1-3H3;3H,1H2,2H3;1-2H3;2H,1H3/t10-,11?,12?,13?,14-,15?,16?,17?,18+,19+;;;/m1.../s1. The Morgan fingerprint density at radius 2 is 1.22 bits per heavy atom. The molecule has 2 saturated heterocycles. The van der Waals surface area contributed by atoms with Gasteiger partial charge in [0.15, 0.2) is 12.6 Å². The van der Waals surface area contributed by atoms with Crippen LogP contribution in [0.3, 0.4) is 0 Å². The van der Waals surface area contributed by atoms with Crippen LogP contribution in [0.1, 0.15) is 41.0 Å². The van der Waals surface area contributed by atoms with Gasteiger partial charge in [-0.3, -0.25) is 0 Å². The van der Waals surface area contributed by atoms with E-state index in [9.17, 15) is 30.6 Å². The van der Waals surface area contributed by atoms with E-state index in [0.717, 1.165) is 7.11 Å². The van der Waals surface area contributed by atoms with Gasteiger partial charge in [-0.05, 0) is 20.4 Å². The zero-order valence-electron chi connectivity index (χ0n) is 23.5. The molecule has 12 nitrogen and oxygen atoms in total. The Kier molecular flexibility index (Phi) is 23.0. The molecule has 37 heavy (non-hydrogen) atoms. The summed E-state index contributed by atoms with van der Waals surface area (Å²) in [5.41, 5.74) is 0. The second kappa shape index (κ2) is 22.1. The van der Waals surface area contributed by atoms with Gasteiger partial charge in [0.25, 0.3) is 0 Å². The fourth-order valence-corrected chi connectivity index (χ4v) is 3.64. The molecule has 2 heterocycles. The van der Waals surface area contributed by atoms with Crippen LogP contribution in [0.15, 0.2) is 12.7 Å². The lowest BCUT2D eigenvalue weighted by Crippen LogP contribution is -2.59. The van der Waals surface area contributed by atoms with Gasteiger partial charge in [0, 0.05) is 26.1 Å². The molecule has 0 aromatic heterocycles. The van der Waals surface area contributed by atoms with Crippen molar-refractivity contribution in [2.75, 3.05) is 47.1 Å². The first kappa shape index (κ1) is 38.4. The van der Waals surface area contributed by atoms with Crippen LogP contribution in [-0.2, 0) is 18.9 Å². The molecule has 0 amide bonds. The molecule has 0 aromatic carbocycles. The molecule has 2 aliphatic rings. The summed E-state index contributed by atoms with van der Waals surface area (Å²) in [6.07, 6.45) is -7.12. The number of allylic oxidation sites excluding steroid dienone is 1. The number of nitrogens with zero attached hydrogens (tertiary/aromatic N) is 1. The van der Waals surface area contributed by atoms with Crippen LogP contribution < -0.4 is 0 Å². The fourth-order valence-electron chi connectivity index (χ4n) is 3.64. The summed E-state index contributed by atoms with van der Waals surface area (Å²) in [6.45, 7) is 13.9. The van der Waals surface area contributed by atoms with Crippen molar-refractivity contribution in [1.82, 2.24) is 4.90 Å². The number of aliphatic hydroxyl groups is 7. The number of ether oxygens (including phenoxy) is 4. The monoisotopic (exact) mass is 543 g/mol. The predicted molar refractivity (Wildman–Crippen MR) is 139 cm³/mol. The molecule has 10 atom stereocenters. The van der Waals surface area contributed by atoms with Gasteiger partial charge in [-0.15, -0.1) is 6.58 Å². The van der Waals surface area contributed by atoms with E-state index in [0.29, 0.717) is 19.5 Å². The van der Waals surface area contributed by atoms with Gasteiger partial charge in [0.05, 0.1) is 32.0 Å². The Morgan fingerprint density at radius 3 is 1.62 bits per heavy atom. The molecule has 7 N–H and O–H groups in total. The first-order valence-electron chi connectivity index (χ1n) is 12.9. The maximum Gasteiger partial charge on any atom is 0.186 e. The van der Waals surface area contributed by atoms with Gasteiger partial charge in [-0.1, -0.05) is 33.8 Å². The van der Waals surface area contributed by atoms with Crippen LogP contribution in [0.2, 0.25) is 0 Å². The van der Waals surface area contributed by atoms with Gasteiger partial charge in [-0.25, -0.2) is 0 Å². The van der Waals surface area contributed by atoms with Gasteiger partial charge in [0.1, 0.15) is 30.5 Å². The van der Waals surface area contributed by atoms with Crippen molar-refractivity contribution in [3.63, 3.8) is 0 Å². The highest BCUT2D eigenvalue weighted by molar-refractivity contribution is 4.89. The lowest BCUT2D eigenvalue weighted by Gasteiger charge is -2.41. The third-order valence-corrected chi connectivity index (χ3v) is 5.82. The molecular weight excluding hydrogens is 490 g/mol. The van der Waals surface area contributed by atoms with E-state index in [1.807, 2.05) is 46.6 Å². The maximum absolute atomic E-state index is 10.2. The highest BCUT2D eigenvalue weighted by Gasteiger charge is 2.44. The molecule has 224 valence electrons. The minimum atomic E-state index is -1.47. The summed E-state index contributed by atoms with van der Waals surface area (Å²) in [5.74, 6) is -0.174. The zero-order chi connectivity index (χ0) is 29.1. The average Bonchev–Trinajstić information content (AvgIpc) is 2.91. The van der Waals surface area contributed by atoms with Crippen LogP contribution in [-0.4, -0.2) is 143 Å². The van der Waals surface area contributed by atoms with E-state index >= 15 is 0 Å². The zero-order valence-corrected chi connectivity index (χ0v) is 23.5. The number of aliphatic hydroxyl groups excluding tert-OH is 7. The Bertz CT molecular complexity index is 499. The van der Waals surface area contributed by atoms with E-state index in [1.54, 1.807) is 6.08 Å². The van der Waals surface area contributed by atoms with Gasteiger partial charge in [0.2, 0.25) is 0 Å². The molecule has 0 aromatic rings. The Labute approximate surface area is 222 Å². The van der Waals surface area contributed by atoms with E-state index in [1.165, 1.54) is 0 Å². The van der Waals surface area contributed by atoms with Crippen molar-refractivity contribution in [2.24, 2.45) is 5.92 Å². The molecular formula is C25H53NO11. The highest BCUT2D eigenvalue weighted by Crippen LogP contribution is 2.28. The van der Waals surface area contributed by atoms with Crippen molar-refractivity contribution < 1.29 is 54.7 Å². The second-order valence-electron chi connectivity index (χ2n) is 8.44. The number of rotatable bonds is 10. The smallest absolute Gasteiger partial charge is 0.186 e. The van der Waals surface area contributed by atoms with E-state index in [-0.39, 0.29) is 25.2 Å². The van der Waals surface area contributed by atoms with Gasteiger partial charge in [-0.2, -0.15) is 0 Å². The summed E-state index contributed by atoms with van der Waals surface area (Å²) < 4.78 is 22.1. The van der Waals surface area contributed by atoms with Crippen molar-refractivity contribution in [3.05, 3.63) is 12.7 Å². The Morgan fingerprint density at radius 1 is 0.811 bits per heavy atom. The molecule has 12 heteroatoms. The number of hydrogen-bond acceptors (Lipinski definition) is 12. The quantitative estimate of drug-likeness (QED) is 0.168. The molecule has 0 aliphatic carbocycles. The molecule has 0 saturated carbocycles. The predicted octanol–water partition coefficient (Wildman–Crippen LogP) is -0.929. The maximum atomic E-state index is 10.2. The Hall–Kier alpha value is -0.740. The van der Waals surface area contributed by atoms with E-state index in [2.05, 4.69) is 6.58 Å². The Balaban J connectivity index is 0. The molecule has 2 rings (SSSR count). The molecule has 6 unspecified atom stereocenters. The van der Waals surface area contributed by atoms with Gasteiger partial charge >= 0.3 is 0 Å². The molecule has 0 radical (unpaired) electrons. The summed E-state index contributed by atoms with van der Waals surface area (Å²) in [4.78, 5) is 1.88. The fraction of sp³-hybridized carbons (Fsp3) is 0.920. The van der Waals surface area contributed by atoms with Crippen LogP contribution >= 0.6 is 0 Å². The first-order valence-corrected chi connectivity index (χ1v) is 12.9. The lowest BCUT2D eigenvalue weighted by molar-refractivity contribution is -0.301. The molecule has 0 spiro atoms. The first-order chi connectivity index (χ1) is 17.6. The molecule has 0 bridgehead atoms. The van der Waals surface area contributed by atoms with Crippen molar-refractivity contribution in [2.45, 2.75) is 96.3 Å². The van der Waals surface area contributed by atoms with Crippen LogP contribution in [0, 0.1) is 5.92 Å². The van der Waals surface area contributed by atoms with E-state index < -0.39 is 55.8 Å². The van der Waals surface area contributed by atoms with Crippen LogP contribution in [0.4, 0.5) is 0 Å². The third kappa shape index (κ3) is 12.8. The van der Waals surface area contributed by atoms with Crippen molar-refractivity contribution in [1.29, 1.82) is 0 Å². The molecule has 2 aliphatic heterocycles. The normalized spacial score (nSPS) is 35.2. The van der Waals surface area contributed by atoms with Crippen molar-refractivity contribution in [3.8, 4) is 0 Å². The summed E-state index contributed by atoms with van der Waals surface area (Å²) in [6, 6.07) is 0. The number of likely N-dealkylation sites (N-methyl/N-ethyl adjacent to an activating group) is 1.